The predicted molar refractivity (Wildman–Crippen MR) is 147 cm³/mol. The Morgan fingerprint density at radius 1 is 1.19 bits per heavy atom. The van der Waals surface area contributed by atoms with Crippen molar-refractivity contribution in [2.24, 2.45) is 11.3 Å². The Bertz CT molecular complexity index is 1440. The van der Waals surface area contributed by atoms with E-state index in [1.807, 2.05) is 25.1 Å². The molecular weight excluding hydrogens is 484 g/mol. The molecule has 3 atom stereocenters. The van der Waals surface area contributed by atoms with Gasteiger partial charge in [-0.1, -0.05) is 52.0 Å². The van der Waals surface area contributed by atoms with E-state index in [1.165, 1.54) is 5.56 Å². The van der Waals surface area contributed by atoms with E-state index in [1.54, 1.807) is 4.68 Å². The predicted octanol–water partition coefficient (Wildman–Crippen LogP) is 5.27. The van der Waals surface area contributed by atoms with Gasteiger partial charge in [-0.3, -0.25) is 4.79 Å². The van der Waals surface area contributed by atoms with E-state index >= 15 is 0 Å². The minimum absolute atomic E-state index is 0.0525. The molecule has 198 valence electrons. The molecule has 5 rings (SSSR count). The van der Waals surface area contributed by atoms with Crippen LogP contribution in [0.3, 0.4) is 0 Å². The Labute approximate surface area is 220 Å². The Morgan fingerprint density at radius 3 is 2.54 bits per heavy atom. The number of aromatic nitrogens is 3. The number of hydrogen-bond donors (Lipinski definition) is 1. The molecule has 2 aromatic heterocycles. The van der Waals surface area contributed by atoms with Gasteiger partial charge in [0.1, 0.15) is 0 Å². The molecular formula is C29H38N4O3S. The highest BCUT2D eigenvalue weighted by molar-refractivity contribution is 7.91. The van der Waals surface area contributed by atoms with Crippen LogP contribution in [-0.4, -0.2) is 46.6 Å². The molecule has 0 radical (unpaired) electrons. The number of amides is 1. The molecule has 0 bridgehead atoms. The molecule has 7 nitrogen and oxygen atoms in total. The summed E-state index contributed by atoms with van der Waals surface area (Å²) >= 11 is 0. The summed E-state index contributed by atoms with van der Waals surface area (Å²) in [5, 5.41) is 8.77. The molecule has 1 aliphatic heterocycles. The van der Waals surface area contributed by atoms with Crippen LogP contribution in [0, 0.1) is 18.3 Å². The lowest BCUT2D eigenvalue weighted by atomic mass is 9.70. The number of carbonyl (C=O) groups excluding carboxylic acids is 1. The van der Waals surface area contributed by atoms with Crippen LogP contribution in [0.1, 0.15) is 81.0 Å². The maximum Gasteiger partial charge on any atom is 0.252 e. The smallest absolute Gasteiger partial charge is 0.252 e. The summed E-state index contributed by atoms with van der Waals surface area (Å²) in [5.74, 6) is 0.638. The van der Waals surface area contributed by atoms with Crippen molar-refractivity contribution < 1.29 is 13.2 Å². The normalized spacial score (nSPS) is 24.8. The number of aryl methyl sites for hydroxylation is 2. The minimum Gasteiger partial charge on any atom is -0.349 e. The van der Waals surface area contributed by atoms with Crippen LogP contribution in [0.5, 0.6) is 0 Å². The van der Waals surface area contributed by atoms with Crippen molar-refractivity contribution in [3.8, 4) is 11.3 Å². The maximum atomic E-state index is 13.8. The summed E-state index contributed by atoms with van der Waals surface area (Å²) < 4.78 is 26.3. The van der Waals surface area contributed by atoms with Crippen LogP contribution in [0.2, 0.25) is 0 Å². The third-order valence-electron chi connectivity index (χ3n) is 8.02. The first kappa shape index (κ1) is 25.9. The first-order valence-corrected chi connectivity index (χ1v) is 15.3. The van der Waals surface area contributed by atoms with Crippen LogP contribution < -0.4 is 5.32 Å². The molecule has 2 fully saturated rings. The van der Waals surface area contributed by atoms with E-state index in [4.69, 9.17) is 10.1 Å². The third kappa shape index (κ3) is 5.31. The number of pyridine rings is 1. The van der Waals surface area contributed by atoms with Gasteiger partial charge in [0.15, 0.2) is 15.5 Å². The van der Waals surface area contributed by atoms with Gasteiger partial charge in [0.25, 0.3) is 5.91 Å². The lowest BCUT2D eigenvalue weighted by Crippen LogP contribution is -2.43. The van der Waals surface area contributed by atoms with Crippen LogP contribution in [0.15, 0.2) is 30.3 Å². The van der Waals surface area contributed by atoms with Gasteiger partial charge in [-0.2, -0.15) is 5.10 Å². The molecule has 2 aliphatic rings. The second-order valence-corrected chi connectivity index (χ2v) is 14.2. The van der Waals surface area contributed by atoms with Gasteiger partial charge in [0.2, 0.25) is 0 Å². The average Bonchev–Trinajstić information content (AvgIpc) is 3.35. The second-order valence-electron chi connectivity index (χ2n) is 12.0. The molecule has 3 heterocycles. The Hall–Kier alpha value is -2.74. The lowest BCUT2D eigenvalue weighted by molar-refractivity contribution is 0.0875. The van der Waals surface area contributed by atoms with Crippen LogP contribution in [0.4, 0.5) is 0 Å². The Balaban J connectivity index is 1.60. The SMILES string of the molecule is CCc1ccc(-c2cc(C(=O)NC3CC(C)CC(C)(C)C3)c3c(C)nn(C4CCS(=O)(=O)C4)c3n2)cc1. The molecule has 1 aromatic carbocycles. The highest BCUT2D eigenvalue weighted by Crippen LogP contribution is 2.39. The van der Waals surface area contributed by atoms with Crippen molar-refractivity contribution in [1.82, 2.24) is 20.1 Å². The van der Waals surface area contributed by atoms with E-state index in [0.29, 0.717) is 40.3 Å². The number of sulfone groups is 1. The molecule has 8 heteroatoms. The van der Waals surface area contributed by atoms with Crippen molar-refractivity contribution in [3.63, 3.8) is 0 Å². The van der Waals surface area contributed by atoms with E-state index in [9.17, 15) is 13.2 Å². The zero-order valence-corrected chi connectivity index (χ0v) is 23.4. The quantitative estimate of drug-likeness (QED) is 0.492. The summed E-state index contributed by atoms with van der Waals surface area (Å²) in [6.45, 7) is 10.8. The molecule has 3 aromatic rings. The van der Waals surface area contributed by atoms with Crippen molar-refractivity contribution in [2.75, 3.05) is 11.5 Å². The summed E-state index contributed by atoms with van der Waals surface area (Å²) in [4.78, 5) is 18.8. The van der Waals surface area contributed by atoms with Crippen LogP contribution >= 0.6 is 0 Å². The Morgan fingerprint density at radius 2 is 1.92 bits per heavy atom. The van der Waals surface area contributed by atoms with Crippen molar-refractivity contribution in [2.45, 2.75) is 78.8 Å². The van der Waals surface area contributed by atoms with Gasteiger partial charge >= 0.3 is 0 Å². The fourth-order valence-corrected chi connectivity index (χ4v) is 8.19. The number of rotatable bonds is 5. The highest BCUT2D eigenvalue weighted by Gasteiger charge is 2.35. The standard InChI is InChI=1S/C29H38N4O3S/c1-6-20-7-9-21(10-8-20)25-14-24(28(34)30-22-13-18(2)15-29(4,5)16-22)26-19(3)32-33(27(26)31-25)23-11-12-37(35,36)17-23/h7-10,14,18,22-23H,6,11-13,15-17H2,1-5H3,(H,30,34). The number of benzene rings is 1. The largest absolute Gasteiger partial charge is 0.349 e. The summed E-state index contributed by atoms with van der Waals surface area (Å²) in [6.07, 6.45) is 4.52. The zero-order chi connectivity index (χ0) is 26.5. The molecule has 1 N–H and O–H groups in total. The molecule has 1 saturated carbocycles. The summed E-state index contributed by atoms with van der Waals surface area (Å²) in [5.41, 5.74) is 4.87. The van der Waals surface area contributed by atoms with E-state index < -0.39 is 9.84 Å². The fraction of sp³-hybridized carbons (Fsp3) is 0.552. The van der Waals surface area contributed by atoms with Crippen LogP contribution in [0.25, 0.3) is 22.3 Å². The van der Waals surface area contributed by atoms with E-state index in [-0.39, 0.29) is 34.9 Å². The first-order valence-electron chi connectivity index (χ1n) is 13.4. The maximum absolute atomic E-state index is 13.8. The third-order valence-corrected chi connectivity index (χ3v) is 9.77. The number of hydrogen-bond acceptors (Lipinski definition) is 5. The van der Waals surface area contributed by atoms with E-state index in [0.717, 1.165) is 31.2 Å². The molecule has 1 aliphatic carbocycles. The number of nitrogens with zero attached hydrogens (tertiary/aromatic N) is 3. The second kappa shape index (κ2) is 9.53. The van der Waals surface area contributed by atoms with Gasteiger partial charge in [-0.25, -0.2) is 18.1 Å². The molecule has 0 spiro atoms. The van der Waals surface area contributed by atoms with E-state index in [2.05, 4.69) is 45.1 Å². The average molecular weight is 523 g/mol. The van der Waals surface area contributed by atoms with Gasteiger partial charge in [-0.05, 0) is 62.0 Å². The fourth-order valence-electron chi connectivity index (χ4n) is 6.49. The minimum atomic E-state index is -3.10. The number of carbonyl (C=O) groups is 1. The molecule has 3 unspecified atom stereocenters. The summed E-state index contributed by atoms with van der Waals surface area (Å²) in [6, 6.07) is 9.94. The lowest BCUT2D eigenvalue weighted by Gasteiger charge is -2.39. The van der Waals surface area contributed by atoms with Crippen molar-refractivity contribution in [1.29, 1.82) is 0 Å². The zero-order valence-electron chi connectivity index (χ0n) is 22.5. The number of nitrogens with one attached hydrogen (secondary N) is 1. The molecule has 1 saturated heterocycles. The van der Waals surface area contributed by atoms with Gasteiger partial charge < -0.3 is 5.32 Å². The van der Waals surface area contributed by atoms with Crippen molar-refractivity contribution >= 4 is 26.8 Å². The van der Waals surface area contributed by atoms with Gasteiger partial charge in [0.05, 0.1) is 39.9 Å². The Kier molecular flexibility index (Phi) is 6.67. The molecule has 37 heavy (non-hydrogen) atoms. The summed E-state index contributed by atoms with van der Waals surface area (Å²) in [7, 11) is -3.10. The molecule has 1 amide bonds. The van der Waals surface area contributed by atoms with Gasteiger partial charge in [-0.15, -0.1) is 0 Å². The van der Waals surface area contributed by atoms with Crippen molar-refractivity contribution in [3.05, 3.63) is 47.2 Å². The van der Waals surface area contributed by atoms with Gasteiger partial charge in [0, 0.05) is 11.6 Å². The highest BCUT2D eigenvalue weighted by atomic mass is 32.2. The van der Waals surface area contributed by atoms with Crippen LogP contribution in [-0.2, 0) is 16.3 Å². The topological polar surface area (TPSA) is 94.0 Å². The first-order chi connectivity index (χ1) is 17.4. The number of fused-ring (bicyclic) bond motifs is 1. The monoisotopic (exact) mass is 522 g/mol.